The molecule has 8 heteroatoms. The predicted octanol–water partition coefficient (Wildman–Crippen LogP) is 3.26. The van der Waals surface area contributed by atoms with Gasteiger partial charge in [0.05, 0.1) is 16.3 Å². The van der Waals surface area contributed by atoms with Crippen molar-refractivity contribution in [2.75, 3.05) is 11.1 Å². The Kier molecular flexibility index (Phi) is 3.83. The molecule has 0 bridgehead atoms. The summed E-state index contributed by atoms with van der Waals surface area (Å²) in [4.78, 5) is 8.78. The number of nitrogens with zero attached hydrogens (tertiary/aromatic N) is 4. The summed E-state index contributed by atoms with van der Waals surface area (Å²) in [6.07, 6.45) is -0.499. The lowest BCUT2D eigenvalue weighted by Gasteiger charge is -2.06. The highest BCUT2D eigenvalue weighted by Crippen LogP contribution is 2.26. The van der Waals surface area contributed by atoms with Gasteiger partial charge in [-0.05, 0) is 36.8 Å². The van der Waals surface area contributed by atoms with E-state index in [0.717, 1.165) is 21.5 Å². The van der Waals surface area contributed by atoms with Gasteiger partial charge in [-0.2, -0.15) is 9.67 Å². The molecule has 0 aliphatic heterocycles. The molecule has 25 heavy (non-hydrogen) atoms. The van der Waals surface area contributed by atoms with Crippen molar-refractivity contribution in [3.63, 3.8) is 0 Å². The van der Waals surface area contributed by atoms with E-state index in [4.69, 9.17) is 5.73 Å². The summed E-state index contributed by atoms with van der Waals surface area (Å²) in [5, 5.41) is 17.7. The van der Waals surface area contributed by atoms with Crippen molar-refractivity contribution in [2.45, 2.75) is 13.0 Å². The molecule has 0 saturated carbocycles. The van der Waals surface area contributed by atoms with E-state index in [1.165, 1.54) is 16.0 Å². The van der Waals surface area contributed by atoms with Gasteiger partial charge in [-0.3, -0.25) is 0 Å². The Morgan fingerprint density at radius 3 is 2.60 bits per heavy atom. The first kappa shape index (κ1) is 15.6. The number of nitrogen functional groups attached to an aromatic ring is 1. The van der Waals surface area contributed by atoms with E-state index in [9.17, 15) is 5.11 Å². The van der Waals surface area contributed by atoms with Crippen LogP contribution in [0.25, 0.3) is 15.3 Å². The standard InChI is InChI=1S/C17H16N6OS/c1-10(24)11-6-8-12(9-7-11)19-16-21-15(18)23(22-16)17-20-13-4-2-3-5-14(13)25-17/h2-10,24H,1H3,(H3,18,19,21,22). The smallest absolute Gasteiger partial charge is 0.248 e. The van der Waals surface area contributed by atoms with Crippen molar-refractivity contribution in [2.24, 2.45) is 0 Å². The van der Waals surface area contributed by atoms with E-state index in [2.05, 4.69) is 20.4 Å². The van der Waals surface area contributed by atoms with E-state index in [0.29, 0.717) is 11.1 Å². The number of hydrogen-bond donors (Lipinski definition) is 3. The number of thiazole rings is 1. The molecule has 2 heterocycles. The van der Waals surface area contributed by atoms with Crippen LogP contribution >= 0.6 is 11.3 Å². The minimum Gasteiger partial charge on any atom is -0.389 e. The van der Waals surface area contributed by atoms with Crippen molar-refractivity contribution in [3.05, 3.63) is 54.1 Å². The lowest BCUT2D eigenvalue weighted by molar-refractivity contribution is 0.199. The number of aliphatic hydroxyl groups excluding tert-OH is 1. The second kappa shape index (κ2) is 6.15. The van der Waals surface area contributed by atoms with Crippen LogP contribution in [0.1, 0.15) is 18.6 Å². The molecular formula is C17H16N6OS. The molecule has 0 aliphatic rings. The van der Waals surface area contributed by atoms with Gasteiger partial charge in [-0.25, -0.2) is 4.98 Å². The highest BCUT2D eigenvalue weighted by molar-refractivity contribution is 7.20. The maximum Gasteiger partial charge on any atom is 0.248 e. The number of para-hydroxylation sites is 1. The highest BCUT2D eigenvalue weighted by atomic mass is 32.1. The maximum absolute atomic E-state index is 9.56. The Morgan fingerprint density at radius 2 is 1.88 bits per heavy atom. The van der Waals surface area contributed by atoms with Crippen LogP contribution in [0.15, 0.2) is 48.5 Å². The number of benzene rings is 2. The van der Waals surface area contributed by atoms with Gasteiger partial charge in [-0.15, -0.1) is 5.10 Å². The van der Waals surface area contributed by atoms with Gasteiger partial charge in [0.2, 0.25) is 17.0 Å². The summed E-state index contributed by atoms with van der Waals surface area (Å²) < 4.78 is 2.59. The lowest BCUT2D eigenvalue weighted by atomic mass is 10.1. The Balaban J connectivity index is 1.61. The Bertz CT molecular complexity index is 988. The molecule has 0 saturated heterocycles. The Hall–Kier alpha value is -2.97. The van der Waals surface area contributed by atoms with Crippen molar-refractivity contribution < 1.29 is 5.11 Å². The second-order valence-corrected chi connectivity index (χ2v) is 6.60. The average molecular weight is 352 g/mol. The van der Waals surface area contributed by atoms with Crippen LogP contribution in [0.3, 0.4) is 0 Å². The van der Waals surface area contributed by atoms with E-state index in [1.54, 1.807) is 6.92 Å². The largest absolute Gasteiger partial charge is 0.389 e. The van der Waals surface area contributed by atoms with Crippen LogP contribution in [0.5, 0.6) is 0 Å². The van der Waals surface area contributed by atoms with Gasteiger partial charge in [0, 0.05) is 5.69 Å². The Labute approximate surface area is 147 Å². The summed E-state index contributed by atoms with van der Waals surface area (Å²) >= 11 is 1.50. The number of rotatable bonds is 4. The van der Waals surface area contributed by atoms with E-state index in [1.807, 2.05) is 48.5 Å². The molecule has 1 atom stereocenters. The monoisotopic (exact) mass is 352 g/mol. The summed E-state index contributed by atoms with van der Waals surface area (Å²) in [7, 11) is 0. The summed E-state index contributed by atoms with van der Waals surface area (Å²) in [5.41, 5.74) is 8.56. The first-order valence-electron chi connectivity index (χ1n) is 7.74. The zero-order valence-corrected chi connectivity index (χ0v) is 14.2. The minimum atomic E-state index is -0.499. The lowest BCUT2D eigenvalue weighted by Crippen LogP contribution is -2.01. The summed E-state index contributed by atoms with van der Waals surface area (Å²) in [5.74, 6) is 0.656. The summed E-state index contributed by atoms with van der Waals surface area (Å²) in [6.45, 7) is 1.73. The third-order valence-corrected chi connectivity index (χ3v) is 4.76. The topological polar surface area (TPSA) is 102 Å². The number of aromatic nitrogens is 4. The predicted molar refractivity (Wildman–Crippen MR) is 99.3 cm³/mol. The van der Waals surface area contributed by atoms with Gasteiger partial charge in [-0.1, -0.05) is 35.6 Å². The number of hydrogen-bond acceptors (Lipinski definition) is 7. The Morgan fingerprint density at radius 1 is 1.12 bits per heavy atom. The molecule has 0 amide bonds. The fourth-order valence-electron chi connectivity index (χ4n) is 2.44. The van der Waals surface area contributed by atoms with Crippen LogP contribution in [-0.4, -0.2) is 24.9 Å². The molecule has 2 aromatic carbocycles. The molecule has 4 rings (SSSR count). The number of aliphatic hydroxyl groups is 1. The molecule has 126 valence electrons. The van der Waals surface area contributed by atoms with Crippen molar-refractivity contribution in [1.82, 2.24) is 19.7 Å². The molecule has 0 radical (unpaired) electrons. The highest BCUT2D eigenvalue weighted by Gasteiger charge is 2.13. The summed E-state index contributed by atoms with van der Waals surface area (Å²) in [6, 6.07) is 15.3. The third-order valence-electron chi connectivity index (χ3n) is 3.75. The number of nitrogens with one attached hydrogen (secondary N) is 1. The molecule has 0 aliphatic carbocycles. The number of nitrogens with two attached hydrogens (primary N) is 1. The minimum absolute atomic E-state index is 0.266. The molecule has 7 nitrogen and oxygen atoms in total. The van der Waals surface area contributed by atoms with Gasteiger partial charge in [0.25, 0.3) is 0 Å². The molecule has 0 fully saturated rings. The number of anilines is 3. The number of fused-ring (bicyclic) bond motifs is 1. The van der Waals surface area contributed by atoms with E-state index in [-0.39, 0.29) is 5.95 Å². The maximum atomic E-state index is 9.56. The molecular weight excluding hydrogens is 336 g/mol. The first-order chi connectivity index (χ1) is 12.1. The zero-order chi connectivity index (χ0) is 17.4. The molecule has 4 aromatic rings. The third kappa shape index (κ3) is 3.04. The van der Waals surface area contributed by atoms with E-state index < -0.39 is 6.10 Å². The van der Waals surface area contributed by atoms with Crippen molar-refractivity contribution in [1.29, 1.82) is 0 Å². The quantitative estimate of drug-likeness (QED) is 0.521. The molecule has 4 N–H and O–H groups in total. The van der Waals surface area contributed by atoms with Gasteiger partial charge < -0.3 is 16.2 Å². The van der Waals surface area contributed by atoms with Gasteiger partial charge in [0.15, 0.2) is 0 Å². The fourth-order valence-corrected chi connectivity index (χ4v) is 3.37. The molecule has 2 aromatic heterocycles. The van der Waals surface area contributed by atoms with Crippen LogP contribution in [-0.2, 0) is 0 Å². The molecule has 0 spiro atoms. The second-order valence-electron chi connectivity index (χ2n) is 5.59. The van der Waals surface area contributed by atoms with Crippen molar-refractivity contribution in [3.8, 4) is 5.13 Å². The SMILES string of the molecule is CC(O)c1ccc(Nc2nc(N)n(-c3nc4ccccc4s3)n2)cc1. The van der Waals surface area contributed by atoms with Crippen molar-refractivity contribution >= 4 is 39.1 Å². The van der Waals surface area contributed by atoms with Crippen LogP contribution in [0.2, 0.25) is 0 Å². The van der Waals surface area contributed by atoms with Crippen LogP contribution < -0.4 is 11.1 Å². The zero-order valence-electron chi connectivity index (χ0n) is 13.4. The first-order valence-corrected chi connectivity index (χ1v) is 8.55. The normalized spacial score (nSPS) is 12.4. The van der Waals surface area contributed by atoms with Gasteiger partial charge >= 0.3 is 0 Å². The average Bonchev–Trinajstić information content (AvgIpc) is 3.18. The van der Waals surface area contributed by atoms with E-state index >= 15 is 0 Å². The van der Waals surface area contributed by atoms with Crippen LogP contribution in [0, 0.1) is 0 Å². The molecule has 1 unspecified atom stereocenters. The fraction of sp³-hybridized carbons (Fsp3) is 0.118. The van der Waals surface area contributed by atoms with Gasteiger partial charge in [0.1, 0.15) is 0 Å². The van der Waals surface area contributed by atoms with Crippen LogP contribution in [0.4, 0.5) is 17.6 Å².